The number of rotatable bonds is 15. The molecule has 0 aliphatic carbocycles. The maximum Gasteiger partial charge on any atom is 0.387 e. The van der Waals surface area contributed by atoms with Gasteiger partial charge < -0.3 is 14.0 Å². The second-order valence-electron chi connectivity index (χ2n) is 10.9. The number of benzene rings is 4. The zero-order valence-electron chi connectivity index (χ0n) is 25.6. The van der Waals surface area contributed by atoms with Gasteiger partial charge in [0.05, 0.1) is 18.0 Å². The number of aromatic nitrogens is 2. The summed E-state index contributed by atoms with van der Waals surface area (Å²) in [7, 11) is 0. The molecule has 5 rings (SSSR count). The number of halogens is 3. The molecule has 0 aliphatic heterocycles. The molecule has 8 heteroatoms. The smallest absolute Gasteiger partial charge is 0.387 e. The van der Waals surface area contributed by atoms with Gasteiger partial charge in [-0.25, -0.2) is 9.37 Å². The topological polar surface area (TPSA) is 39.5 Å². The average molecular weight is 614 g/mol. The average Bonchev–Trinajstić information content (AvgIpc) is 3.39. The molecule has 0 radical (unpaired) electrons. The minimum absolute atomic E-state index is 0.119. The first-order chi connectivity index (χ1) is 21.9. The van der Waals surface area contributed by atoms with Gasteiger partial charge in [-0.1, -0.05) is 67.9 Å². The van der Waals surface area contributed by atoms with Gasteiger partial charge in [0.15, 0.2) is 0 Å². The molecule has 5 aromatic rings. The summed E-state index contributed by atoms with van der Waals surface area (Å²) >= 11 is 0. The summed E-state index contributed by atoms with van der Waals surface area (Å²) in [5, 5.41) is 0. The van der Waals surface area contributed by atoms with Crippen molar-refractivity contribution in [2.24, 2.45) is 0 Å². The molecule has 0 spiro atoms. The Bertz CT molecular complexity index is 1640. The molecule has 0 saturated carbocycles. The van der Waals surface area contributed by atoms with Crippen LogP contribution in [0.3, 0.4) is 0 Å². The molecule has 0 N–H and O–H groups in total. The van der Waals surface area contributed by atoms with Gasteiger partial charge >= 0.3 is 6.61 Å². The number of nitrogens with zero attached hydrogens (tertiary/aromatic N) is 3. The Morgan fingerprint density at radius 3 is 2.18 bits per heavy atom. The lowest BCUT2D eigenvalue weighted by Gasteiger charge is -2.25. The van der Waals surface area contributed by atoms with Crippen LogP contribution in [0.2, 0.25) is 0 Å². The van der Waals surface area contributed by atoms with Gasteiger partial charge in [0.25, 0.3) is 0 Å². The van der Waals surface area contributed by atoms with Crippen LogP contribution in [0, 0.1) is 5.82 Å². The summed E-state index contributed by atoms with van der Waals surface area (Å²) in [6, 6.07) is 31.4. The zero-order chi connectivity index (χ0) is 31.6. The fourth-order valence-electron chi connectivity index (χ4n) is 5.42. The number of hydrogen-bond acceptors (Lipinski definition) is 4. The molecule has 0 bridgehead atoms. The lowest BCUT2D eigenvalue weighted by Crippen LogP contribution is -2.24. The number of unbranched alkanes of at least 4 members (excludes halogenated alkanes) is 1. The predicted molar refractivity (Wildman–Crippen MR) is 172 cm³/mol. The van der Waals surface area contributed by atoms with E-state index in [4.69, 9.17) is 9.72 Å². The second kappa shape index (κ2) is 15.4. The van der Waals surface area contributed by atoms with Crippen LogP contribution in [0.1, 0.15) is 43.5 Å². The van der Waals surface area contributed by atoms with E-state index < -0.39 is 6.61 Å². The number of hydrogen-bond donors (Lipinski definition) is 0. The van der Waals surface area contributed by atoms with E-state index >= 15 is 0 Å². The molecule has 234 valence electrons. The molecule has 0 fully saturated rings. The zero-order valence-corrected chi connectivity index (χ0v) is 25.6. The molecule has 1 aromatic heterocycles. The van der Waals surface area contributed by atoms with E-state index in [1.165, 1.54) is 12.1 Å². The molecule has 0 aliphatic rings. The van der Waals surface area contributed by atoms with Crippen molar-refractivity contribution in [1.29, 1.82) is 0 Å². The van der Waals surface area contributed by atoms with Gasteiger partial charge in [0, 0.05) is 37.3 Å². The third-order valence-electron chi connectivity index (χ3n) is 7.50. The van der Waals surface area contributed by atoms with Crippen LogP contribution >= 0.6 is 0 Å². The molecule has 1 heterocycles. The predicted octanol–water partition coefficient (Wildman–Crippen LogP) is 9.36. The molecule has 0 amide bonds. The summed E-state index contributed by atoms with van der Waals surface area (Å²) in [4.78, 5) is 7.49. The van der Waals surface area contributed by atoms with Crippen molar-refractivity contribution < 1.29 is 22.6 Å². The molecule has 0 atom stereocenters. The Balaban J connectivity index is 1.58. The van der Waals surface area contributed by atoms with Crippen molar-refractivity contribution in [3.05, 3.63) is 126 Å². The van der Waals surface area contributed by atoms with E-state index in [0.717, 1.165) is 64.6 Å². The summed E-state index contributed by atoms with van der Waals surface area (Å²) in [5.41, 5.74) is 5.69. The Morgan fingerprint density at radius 1 is 0.756 bits per heavy atom. The first kappa shape index (κ1) is 31.9. The van der Waals surface area contributed by atoms with Crippen molar-refractivity contribution in [2.45, 2.75) is 59.5 Å². The summed E-state index contributed by atoms with van der Waals surface area (Å²) in [6.45, 7) is 4.26. The molecule has 0 saturated heterocycles. The highest BCUT2D eigenvalue weighted by molar-refractivity contribution is 5.68. The van der Waals surface area contributed by atoms with Crippen molar-refractivity contribution in [3.63, 3.8) is 0 Å². The van der Waals surface area contributed by atoms with E-state index in [-0.39, 0.29) is 11.6 Å². The third-order valence-corrected chi connectivity index (χ3v) is 7.50. The van der Waals surface area contributed by atoms with Crippen LogP contribution in [0.5, 0.6) is 11.5 Å². The van der Waals surface area contributed by atoms with E-state index in [1.54, 1.807) is 24.3 Å². The fourth-order valence-corrected chi connectivity index (χ4v) is 5.42. The fraction of sp³-hybridized carbons (Fsp3) is 0.270. The maximum absolute atomic E-state index is 14.0. The summed E-state index contributed by atoms with van der Waals surface area (Å²) in [5.74, 6) is 1.48. The minimum Gasteiger partial charge on any atom is -0.494 e. The molecule has 45 heavy (non-hydrogen) atoms. The summed E-state index contributed by atoms with van der Waals surface area (Å²) in [6.07, 6.45) is 1.98. The van der Waals surface area contributed by atoms with Gasteiger partial charge in [-0.2, -0.15) is 8.78 Å². The Labute approximate surface area is 262 Å². The first-order valence-electron chi connectivity index (χ1n) is 15.3. The Morgan fingerprint density at radius 2 is 1.49 bits per heavy atom. The molecule has 4 aromatic carbocycles. The normalized spacial score (nSPS) is 11.4. The van der Waals surface area contributed by atoms with Crippen molar-refractivity contribution >= 4 is 0 Å². The quantitative estimate of drug-likeness (QED) is 0.118. The molecule has 5 nitrogen and oxygen atoms in total. The number of imidazole rings is 1. The number of alkyl halides is 2. The van der Waals surface area contributed by atoms with E-state index in [2.05, 4.69) is 39.3 Å². The van der Waals surface area contributed by atoms with Gasteiger partial charge in [-0.15, -0.1) is 0 Å². The van der Waals surface area contributed by atoms with E-state index in [1.807, 2.05) is 55.5 Å². The van der Waals surface area contributed by atoms with Crippen LogP contribution in [0.25, 0.3) is 22.6 Å². The molecule has 0 unspecified atom stereocenters. The standard InChI is InChI=1S/C37H38F3N3O2/c1-3-5-22-43-34(35(29-16-18-31(38)19-17-29)41-36(43)30-11-7-6-8-12-30)26-42(25-28-10-9-13-33(23-28)44-4-2)24-27-14-20-32(21-15-27)45-37(39)40/h6-21,23,37H,3-5,22,24-26H2,1-2H3. The summed E-state index contributed by atoms with van der Waals surface area (Å²) < 4.78 is 52.2. The van der Waals surface area contributed by atoms with Gasteiger partial charge in [0.1, 0.15) is 23.1 Å². The highest BCUT2D eigenvalue weighted by Gasteiger charge is 2.22. The highest BCUT2D eigenvalue weighted by Crippen LogP contribution is 2.32. The lowest BCUT2D eigenvalue weighted by atomic mass is 10.1. The second-order valence-corrected chi connectivity index (χ2v) is 10.9. The van der Waals surface area contributed by atoms with Gasteiger partial charge in [-0.05, 0) is 73.0 Å². The number of ether oxygens (including phenoxy) is 2. The van der Waals surface area contributed by atoms with Crippen molar-refractivity contribution in [3.8, 4) is 34.1 Å². The van der Waals surface area contributed by atoms with Crippen LogP contribution in [-0.2, 0) is 26.2 Å². The first-order valence-corrected chi connectivity index (χ1v) is 15.3. The van der Waals surface area contributed by atoms with Crippen molar-refractivity contribution in [1.82, 2.24) is 14.5 Å². The van der Waals surface area contributed by atoms with E-state index in [9.17, 15) is 13.2 Å². The molecular weight excluding hydrogens is 575 g/mol. The Hall–Kier alpha value is -4.56. The van der Waals surface area contributed by atoms with Gasteiger partial charge in [-0.3, -0.25) is 4.90 Å². The van der Waals surface area contributed by atoms with Crippen LogP contribution < -0.4 is 9.47 Å². The SMILES string of the molecule is CCCCn1c(-c2ccccc2)nc(-c2ccc(F)cc2)c1CN(Cc1ccc(OC(F)F)cc1)Cc1cccc(OCC)c1. The van der Waals surface area contributed by atoms with Crippen LogP contribution in [0.4, 0.5) is 13.2 Å². The Kier molecular flexibility index (Phi) is 10.9. The van der Waals surface area contributed by atoms with Gasteiger partial charge in [0.2, 0.25) is 0 Å². The maximum atomic E-state index is 14.0. The van der Waals surface area contributed by atoms with Crippen molar-refractivity contribution in [2.75, 3.05) is 6.61 Å². The van der Waals surface area contributed by atoms with E-state index in [0.29, 0.717) is 26.2 Å². The monoisotopic (exact) mass is 613 g/mol. The third kappa shape index (κ3) is 8.54. The molecular formula is C37H38F3N3O2. The van der Waals surface area contributed by atoms with Crippen LogP contribution in [-0.4, -0.2) is 27.7 Å². The minimum atomic E-state index is -2.88. The highest BCUT2D eigenvalue weighted by atomic mass is 19.3. The lowest BCUT2D eigenvalue weighted by molar-refractivity contribution is -0.0498. The van der Waals surface area contributed by atoms with Crippen LogP contribution in [0.15, 0.2) is 103 Å². The largest absolute Gasteiger partial charge is 0.494 e.